The number of hydrogen-bond acceptors (Lipinski definition) is 3. The predicted molar refractivity (Wildman–Crippen MR) is 85.0 cm³/mol. The van der Waals surface area contributed by atoms with Crippen molar-refractivity contribution in [3.05, 3.63) is 28.2 Å². The van der Waals surface area contributed by atoms with Crippen LogP contribution in [0.4, 0.5) is 5.69 Å². The van der Waals surface area contributed by atoms with Gasteiger partial charge in [0, 0.05) is 10.4 Å². The van der Waals surface area contributed by atoms with Crippen molar-refractivity contribution in [2.24, 2.45) is 10.8 Å². The van der Waals surface area contributed by atoms with Crippen molar-refractivity contribution in [2.45, 2.75) is 39.2 Å². The molecule has 1 aromatic carbocycles. The molecule has 2 atom stereocenters. The minimum absolute atomic E-state index is 0.305. The van der Waals surface area contributed by atoms with Gasteiger partial charge in [0.05, 0.1) is 16.1 Å². The molecular weight excluding hydrogens is 325 g/mol. The van der Waals surface area contributed by atoms with Gasteiger partial charge in [-0.05, 0) is 38.0 Å². The summed E-state index contributed by atoms with van der Waals surface area (Å²) in [6, 6.07) is 4.84. The Balaban J connectivity index is 1.94. The molecule has 1 heterocycles. The Morgan fingerprint density at radius 3 is 2.41 bits per heavy atom. The van der Waals surface area contributed by atoms with Crippen LogP contribution in [0.15, 0.2) is 18.2 Å². The van der Waals surface area contributed by atoms with E-state index in [-0.39, 0.29) is 11.9 Å². The smallest absolute Gasteiger partial charge is 0.313 e. The lowest BCUT2D eigenvalue weighted by molar-refractivity contribution is -0.165. The minimum Gasteiger partial charge on any atom is -0.448 e. The summed E-state index contributed by atoms with van der Waals surface area (Å²) in [5, 5.41) is 3.62. The summed E-state index contributed by atoms with van der Waals surface area (Å²) in [7, 11) is 0. The second-order valence-corrected chi connectivity index (χ2v) is 7.60. The predicted octanol–water partition coefficient (Wildman–Crippen LogP) is 4.05. The first-order chi connectivity index (χ1) is 10.1. The molecule has 3 rings (SSSR count). The molecule has 1 aliphatic heterocycles. The lowest BCUT2D eigenvalue weighted by atomic mass is 9.66. The Hall–Kier alpha value is -1.26. The van der Waals surface area contributed by atoms with Gasteiger partial charge in [0.25, 0.3) is 5.91 Å². The van der Waals surface area contributed by atoms with Gasteiger partial charge in [-0.25, -0.2) is 0 Å². The van der Waals surface area contributed by atoms with Gasteiger partial charge >= 0.3 is 5.97 Å². The molecule has 1 saturated carbocycles. The molecule has 6 heteroatoms. The Morgan fingerprint density at radius 1 is 1.23 bits per heavy atom. The molecule has 22 heavy (non-hydrogen) atoms. The van der Waals surface area contributed by atoms with Crippen LogP contribution in [-0.2, 0) is 14.3 Å². The van der Waals surface area contributed by atoms with E-state index in [1.54, 1.807) is 18.2 Å². The number of anilines is 1. The molecule has 0 spiro atoms. The number of benzene rings is 1. The van der Waals surface area contributed by atoms with Crippen LogP contribution in [0.1, 0.15) is 33.6 Å². The molecule has 1 aliphatic carbocycles. The van der Waals surface area contributed by atoms with E-state index in [1.165, 1.54) is 0 Å². The van der Waals surface area contributed by atoms with Gasteiger partial charge in [0.1, 0.15) is 0 Å². The van der Waals surface area contributed by atoms with Gasteiger partial charge < -0.3 is 10.1 Å². The van der Waals surface area contributed by atoms with Crippen molar-refractivity contribution < 1.29 is 14.3 Å². The summed E-state index contributed by atoms with van der Waals surface area (Å²) < 4.78 is 5.54. The van der Waals surface area contributed by atoms with Gasteiger partial charge in [-0.2, -0.15) is 0 Å². The molecular formula is C16H17Cl2NO3. The van der Waals surface area contributed by atoms with Crippen molar-refractivity contribution in [3.63, 3.8) is 0 Å². The molecule has 0 radical (unpaired) electrons. The quantitative estimate of drug-likeness (QED) is 0.825. The molecule has 1 amide bonds. The maximum Gasteiger partial charge on any atom is 0.313 e. The van der Waals surface area contributed by atoms with Crippen LogP contribution in [0.2, 0.25) is 10.0 Å². The maximum atomic E-state index is 12.9. The van der Waals surface area contributed by atoms with E-state index >= 15 is 0 Å². The first-order valence-corrected chi connectivity index (χ1v) is 7.90. The van der Waals surface area contributed by atoms with E-state index in [0.29, 0.717) is 28.6 Å². The highest BCUT2D eigenvalue weighted by Gasteiger charge is 2.75. The normalized spacial score (nSPS) is 32.0. The van der Waals surface area contributed by atoms with Crippen molar-refractivity contribution in [3.8, 4) is 0 Å². The van der Waals surface area contributed by atoms with E-state index in [1.807, 2.05) is 20.8 Å². The van der Waals surface area contributed by atoms with Crippen LogP contribution >= 0.6 is 23.2 Å². The first-order valence-electron chi connectivity index (χ1n) is 7.14. The van der Waals surface area contributed by atoms with Crippen molar-refractivity contribution in [1.29, 1.82) is 0 Å². The molecule has 0 unspecified atom stereocenters. The van der Waals surface area contributed by atoms with Gasteiger partial charge in [-0.15, -0.1) is 0 Å². The van der Waals surface area contributed by atoms with Crippen LogP contribution in [0.3, 0.4) is 0 Å². The van der Waals surface area contributed by atoms with E-state index in [2.05, 4.69) is 5.32 Å². The molecule has 0 aromatic heterocycles. The fourth-order valence-electron chi connectivity index (χ4n) is 3.56. The highest BCUT2D eigenvalue weighted by atomic mass is 35.5. The van der Waals surface area contributed by atoms with Gasteiger partial charge in [0.15, 0.2) is 5.60 Å². The number of nitrogens with one attached hydrogen (secondary N) is 1. The highest BCUT2D eigenvalue weighted by Crippen LogP contribution is 2.65. The number of carbonyl (C=O) groups is 2. The molecule has 2 aliphatic rings. The third-order valence-electron chi connectivity index (χ3n) is 5.63. The lowest BCUT2D eigenvalue weighted by Gasteiger charge is -2.35. The number of halogens is 2. The number of rotatable bonds is 2. The average Bonchev–Trinajstić information content (AvgIpc) is 2.72. The van der Waals surface area contributed by atoms with Crippen molar-refractivity contribution >= 4 is 40.8 Å². The number of ether oxygens (including phenoxy) is 1. The molecule has 1 saturated heterocycles. The Kier molecular flexibility index (Phi) is 3.28. The Bertz CT molecular complexity index is 688. The number of esters is 1. The van der Waals surface area contributed by atoms with E-state index in [4.69, 9.17) is 27.9 Å². The number of hydrogen-bond donors (Lipinski definition) is 1. The second kappa shape index (κ2) is 4.62. The summed E-state index contributed by atoms with van der Waals surface area (Å²) in [6.07, 6.45) is 1.15. The van der Waals surface area contributed by atoms with Crippen LogP contribution in [0.25, 0.3) is 0 Å². The Morgan fingerprint density at radius 2 is 1.91 bits per heavy atom. The first kappa shape index (κ1) is 15.6. The number of carbonyl (C=O) groups excluding carboxylic acids is 2. The zero-order valence-electron chi connectivity index (χ0n) is 12.6. The van der Waals surface area contributed by atoms with E-state index < -0.39 is 16.4 Å². The third-order valence-corrected chi connectivity index (χ3v) is 6.18. The fourth-order valence-corrected chi connectivity index (χ4v) is 4.02. The van der Waals surface area contributed by atoms with Crippen molar-refractivity contribution in [1.82, 2.24) is 0 Å². The SMILES string of the molecule is CC1(C)[C@]2(C)CC[C@]1(C(=O)Nc1ccc(Cl)cc1Cl)OC2=O. The van der Waals surface area contributed by atoms with Gasteiger partial charge in [-0.3, -0.25) is 9.59 Å². The summed E-state index contributed by atoms with van der Waals surface area (Å²) in [5.74, 6) is -0.641. The van der Waals surface area contributed by atoms with E-state index in [9.17, 15) is 9.59 Å². The summed E-state index contributed by atoms with van der Waals surface area (Å²) in [6.45, 7) is 5.69. The van der Waals surface area contributed by atoms with Gasteiger partial charge in [-0.1, -0.05) is 37.0 Å². The molecule has 4 nitrogen and oxygen atoms in total. The summed E-state index contributed by atoms with van der Waals surface area (Å²) in [5.41, 5.74) is -1.91. The average molecular weight is 342 g/mol. The minimum atomic E-state index is -1.15. The topological polar surface area (TPSA) is 55.4 Å². The lowest BCUT2D eigenvalue weighted by Crippen LogP contribution is -2.50. The largest absolute Gasteiger partial charge is 0.448 e. The monoisotopic (exact) mass is 341 g/mol. The zero-order chi connectivity index (χ0) is 16.3. The molecule has 118 valence electrons. The zero-order valence-corrected chi connectivity index (χ0v) is 14.1. The summed E-state index contributed by atoms with van der Waals surface area (Å²) in [4.78, 5) is 25.1. The molecule has 2 fully saturated rings. The fraction of sp³-hybridized carbons (Fsp3) is 0.500. The van der Waals surface area contributed by atoms with Crippen LogP contribution in [0, 0.1) is 10.8 Å². The number of amides is 1. The second-order valence-electron chi connectivity index (χ2n) is 6.75. The third kappa shape index (κ3) is 1.77. The van der Waals surface area contributed by atoms with E-state index in [0.717, 1.165) is 0 Å². The Labute approximate surface area is 139 Å². The standard InChI is InChI=1S/C16H17Cl2NO3/c1-14(2)15(3)6-7-16(14,22-13(15)21)12(20)19-11-5-4-9(17)8-10(11)18/h4-5,8H,6-7H2,1-3H3,(H,19,20)/t15-,16-/m1/s1. The maximum absolute atomic E-state index is 12.9. The molecule has 1 aromatic rings. The highest BCUT2D eigenvalue weighted by molar-refractivity contribution is 6.36. The van der Waals surface area contributed by atoms with Crippen LogP contribution in [-0.4, -0.2) is 17.5 Å². The van der Waals surface area contributed by atoms with Crippen molar-refractivity contribution in [2.75, 3.05) is 5.32 Å². The molecule has 2 bridgehead atoms. The van der Waals surface area contributed by atoms with Gasteiger partial charge in [0.2, 0.25) is 0 Å². The summed E-state index contributed by atoms with van der Waals surface area (Å²) >= 11 is 12.0. The van der Waals surface area contributed by atoms with Crippen LogP contribution in [0.5, 0.6) is 0 Å². The molecule has 1 N–H and O–H groups in total. The van der Waals surface area contributed by atoms with Crippen LogP contribution < -0.4 is 5.32 Å². The number of fused-ring (bicyclic) bond motifs is 2.